The highest BCUT2D eigenvalue weighted by atomic mass is 16.5. The summed E-state index contributed by atoms with van der Waals surface area (Å²) in [7, 11) is 3.18. The van der Waals surface area contributed by atoms with E-state index >= 15 is 0 Å². The maximum Gasteiger partial charge on any atom is 0.319 e. The Labute approximate surface area is 145 Å². The van der Waals surface area contributed by atoms with Crippen molar-refractivity contribution in [2.24, 2.45) is 11.3 Å². The molecule has 1 aromatic carbocycles. The normalized spacial score (nSPS) is 21.0. The molecular formula is C19H30N2O3. The van der Waals surface area contributed by atoms with Gasteiger partial charge in [0.2, 0.25) is 0 Å². The van der Waals surface area contributed by atoms with Gasteiger partial charge in [-0.15, -0.1) is 0 Å². The van der Waals surface area contributed by atoms with Gasteiger partial charge in [-0.1, -0.05) is 20.8 Å². The number of hydrogen-bond acceptors (Lipinski definition) is 3. The Morgan fingerprint density at radius 3 is 2.29 bits per heavy atom. The van der Waals surface area contributed by atoms with E-state index < -0.39 is 0 Å². The molecule has 2 rings (SSSR count). The number of nitrogens with one attached hydrogen (secondary N) is 2. The van der Waals surface area contributed by atoms with Crippen LogP contribution in [0.2, 0.25) is 0 Å². The minimum absolute atomic E-state index is 0.194. The van der Waals surface area contributed by atoms with Crippen molar-refractivity contribution in [3.63, 3.8) is 0 Å². The summed E-state index contributed by atoms with van der Waals surface area (Å²) in [5.41, 5.74) is 0.957. The molecule has 0 saturated heterocycles. The van der Waals surface area contributed by atoms with Gasteiger partial charge in [0, 0.05) is 12.1 Å². The first kappa shape index (κ1) is 18.4. The third-order valence-corrected chi connectivity index (χ3v) is 4.94. The summed E-state index contributed by atoms with van der Waals surface area (Å²) < 4.78 is 10.5. The van der Waals surface area contributed by atoms with Gasteiger partial charge in [0.05, 0.1) is 19.9 Å². The van der Waals surface area contributed by atoms with Crippen LogP contribution in [0.4, 0.5) is 10.5 Å². The maximum atomic E-state index is 12.3. The van der Waals surface area contributed by atoms with E-state index in [4.69, 9.17) is 9.47 Å². The fourth-order valence-corrected chi connectivity index (χ4v) is 3.36. The summed E-state index contributed by atoms with van der Waals surface area (Å²) >= 11 is 0. The van der Waals surface area contributed by atoms with Crippen molar-refractivity contribution in [2.75, 3.05) is 19.5 Å². The standard InChI is InChI=1S/C19H30N2O3/c1-19(2,3)13-6-8-14(9-7-13)20-18(22)21-16-12-15(23-4)10-11-17(16)24-5/h10-14H,6-9H2,1-5H3,(H2,20,21,22). The largest absolute Gasteiger partial charge is 0.497 e. The summed E-state index contributed by atoms with van der Waals surface area (Å²) in [6.45, 7) is 6.90. The van der Waals surface area contributed by atoms with E-state index in [1.807, 2.05) is 0 Å². The smallest absolute Gasteiger partial charge is 0.319 e. The van der Waals surface area contributed by atoms with E-state index in [0.717, 1.165) is 31.6 Å². The van der Waals surface area contributed by atoms with Crippen LogP contribution >= 0.6 is 0 Å². The molecule has 2 N–H and O–H groups in total. The van der Waals surface area contributed by atoms with E-state index in [1.54, 1.807) is 32.4 Å². The molecular weight excluding hydrogens is 304 g/mol. The second kappa shape index (κ2) is 7.77. The summed E-state index contributed by atoms with van der Waals surface area (Å²) in [6, 6.07) is 5.38. The number of rotatable bonds is 4. The van der Waals surface area contributed by atoms with E-state index in [2.05, 4.69) is 31.4 Å². The van der Waals surface area contributed by atoms with Gasteiger partial charge >= 0.3 is 6.03 Å². The van der Waals surface area contributed by atoms with Gasteiger partial charge in [0.25, 0.3) is 0 Å². The second-order valence-electron chi connectivity index (χ2n) is 7.58. The first-order valence-electron chi connectivity index (χ1n) is 8.63. The third-order valence-electron chi connectivity index (χ3n) is 4.94. The van der Waals surface area contributed by atoms with Crippen LogP contribution in [0.5, 0.6) is 11.5 Å². The molecule has 24 heavy (non-hydrogen) atoms. The molecule has 0 atom stereocenters. The topological polar surface area (TPSA) is 59.6 Å². The predicted octanol–water partition coefficient (Wildman–Crippen LogP) is 4.43. The first-order chi connectivity index (χ1) is 11.3. The molecule has 0 aromatic heterocycles. The lowest BCUT2D eigenvalue weighted by molar-refractivity contribution is 0.161. The van der Waals surface area contributed by atoms with E-state index in [1.165, 1.54) is 0 Å². The minimum Gasteiger partial charge on any atom is -0.497 e. The van der Waals surface area contributed by atoms with Gasteiger partial charge in [-0.05, 0) is 49.1 Å². The van der Waals surface area contributed by atoms with Crippen molar-refractivity contribution in [2.45, 2.75) is 52.5 Å². The molecule has 0 bridgehead atoms. The average molecular weight is 334 g/mol. The molecule has 1 aliphatic rings. The van der Waals surface area contributed by atoms with Crippen LogP contribution < -0.4 is 20.1 Å². The van der Waals surface area contributed by atoms with Gasteiger partial charge < -0.3 is 20.1 Å². The molecule has 134 valence electrons. The lowest BCUT2D eigenvalue weighted by atomic mass is 9.71. The lowest BCUT2D eigenvalue weighted by Crippen LogP contribution is -2.41. The fraction of sp³-hybridized carbons (Fsp3) is 0.632. The lowest BCUT2D eigenvalue weighted by Gasteiger charge is -2.37. The van der Waals surface area contributed by atoms with E-state index in [0.29, 0.717) is 22.6 Å². The number of urea groups is 1. The van der Waals surface area contributed by atoms with Crippen molar-refractivity contribution in [1.29, 1.82) is 0 Å². The number of hydrogen-bond donors (Lipinski definition) is 2. The van der Waals surface area contributed by atoms with Gasteiger partial charge in [-0.3, -0.25) is 0 Å². The van der Waals surface area contributed by atoms with Gasteiger partial charge in [0.1, 0.15) is 11.5 Å². The molecule has 0 unspecified atom stereocenters. The molecule has 1 aliphatic carbocycles. The zero-order chi connectivity index (χ0) is 17.7. The molecule has 1 fully saturated rings. The van der Waals surface area contributed by atoms with Crippen molar-refractivity contribution < 1.29 is 14.3 Å². The molecule has 2 amide bonds. The van der Waals surface area contributed by atoms with E-state index in [9.17, 15) is 4.79 Å². The quantitative estimate of drug-likeness (QED) is 0.856. The number of methoxy groups -OCH3 is 2. The second-order valence-corrected chi connectivity index (χ2v) is 7.58. The Morgan fingerprint density at radius 2 is 1.75 bits per heavy atom. The monoisotopic (exact) mass is 334 g/mol. The van der Waals surface area contributed by atoms with Crippen LogP contribution in [-0.4, -0.2) is 26.3 Å². The number of amides is 2. The number of benzene rings is 1. The first-order valence-corrected chi connectivity index (χ1v) is 8.63. The van der Waals surface area contributed by atoms with Crippen LogP contribution in [0, 0.1) is 11.3 Å². The zero-order valence-corrected chi connectivity index (χ0v) is 15.4. The minimum atomic E-state index is -0.194. The summed E-state index contributed by atoms with van der Waals surface area (Å²) in [5, 5.41) is 5.95. The SMILES string of the molecule is COc1ccc(OC)c(NC(=O)NC2CCC(C(C)(C)C)CC2)c1. The van der Waals surface area contributed by atoms with Crippen LogP contribution in [-0.2, 0) is 0 Å². The zero-order valence-electron chi connectivity index (χ0n) is 15.4. The Balaban J connectivity index is 1.90. The van der Waals surface area contributed by atoms with Crippen LogP contribution in [0.1, 0.15) is 46.5 Å². The molecule has 0 heterocycles. The highest BCUT2D eigenvalue weighted by molar-refractivity contribution is 5.91. The molecule has 0 spiro atoms. The Morgan fingerprint density at radius 1 is 1.08 bits per heavy atom. The van der Waals surface area contributed by atoms with Gasteiger partial charge in [-0.25, -0.2) is 4.79 Å². The Hall–Kier alpha value is -1.91. The molecule has 0 radical (unpaired) electrons. The molecule has 0 aliphatic heterocycles. The summed E-state index contributed by atoms with van der Waals surface area (Å²) in [6.07, 6.45) is 4.39. The number of carbonyl (C=O) groups is 1. The van der Waals surface area contributed by atoms with Gasteiger partial charge in [-0.2, -0.15) is 0 Å². The number of ether oxygens (including phenoxy) is 2. The Kier molecular flexibility index (Phi) is 5.97. The third kappa shape index (κ3) is 4.79. The molecule has 1 aromatic rings. The summed E-state index contributed by atoms with van der Waals surface area (Å²) in [4.78, 5) is 12.3. The average Bonchev–Trinajstić information content (AvgIpc) is 2.54. The number of carbonyl (C=O) groups excluding carboxylic acids is 1. The van der Waals surface area contributed by atoms with Crippen molar-refractivity contribution in [3.05, 3.63) is 18.2 Å². The molecule has 5 nitrogen and oxygen atoms in total. The Bertz CT molecular complexity index is 558. The summed E-state index contributed by atoms with van der Waals surface area (Å²) in [5.74, 6) is 2.02. The van der Waals surface area contributed by atoms with Crippen molar-refractivity contribution in [3.8, 4) is 11.5 Å². The van der Waals surface area contributed by atoms with Gasteiger partial charge in [0.15, 0.2) is 0 Å². The predicted molar refractivity (Wildman–Crippen MR) is 96.9 cm³/mol. The highest BCUT2D eigenvalue weighted by Crippen LogP contribution is 2.37. The maximum absolute atomic E-state index is 12.3. The molecule has 1 saturated carbocycles. The van der Waals surface area contributed by atoms with E-state index in [-0.39, 0.29) is 12.1 Å². The fourth-order valence-electron chi connectivity index (χ4n) is 3.36. The highest BCUT2D eigenvalue weighted by Gasteiger charge is 2.30. The van der Waals surface area contributed by atoms with Crippen LogP contribution in [0.25, 0.3) is 0 Å². The number of anilines is 1. The van der Waals surface area contributed by atoms with Crippen molar-refractivity contribution >= 4 is 11.7 Å². The van der Waals surface area contributed by atoms with Crippen molar-refractivity contribution in [1.82, 2.24) is 5.32 Å². The van der Waals surface area contributed by atoms with Crippen LogP contribution in [0.3, 0.4) is 0 Å². The molecule has 5 heteroatoms. The van der Waals surface area contributed by atoms with Crippen LogP contribution in [0.15, 0.2) is 18.2 Å².